The number of unbranched alkanes of at least 4 members (excludes halogenated alkanes) is 1. The van der Waals surface area contributed by atoms with Gasteiger partial charge in [-0.15, -0.1) is 0 Å². The van der Waals surface area contributed by atoms with Gasteiger partial charge in [0.1, 0.15) is 0 Å². The maximum absolute atomic E-state index is 5.41. The van der Waals surface area contributed by atoms with E-state index in [2.05, 4.69) is 36.4 Å². The van der Waals surface area contributed by atoms with Gasteiger partial charge in [0.25, 0.3) is 0 Å². The zero-order chi connectivity index (χ0) is 14.3. The van der Waals surface area contributed by atoms with Crippen molar-refractivity contribution in [1.82, 2.24) is 10.6 Å². The molecule has 0 bridgehead atoms. The number of methoxy groups -OCH3 is 1. The normalized spacial score (nSPS) is 11.9. The van der Waals surface area contributed by atoms with E-state index < -0.39 is 0 Å². The summed E-state index contributed by atoms with van der Waals surface area (Å²) >= 11 is 0. The second-order valence-corrected chi connectivity index (χ2v) is 4.85. The van der Waals surface area contributed by atoms with Crippen LogP contribution in [0.4, 0.5) is 0 Å². The summed E-state index contributed by atoms with van der Waals surface area (Å²) in [5.74, 6) is 1.50. The van der Waals surface area contributed by atoms with Crippen LogP contribution in [-0.2, 0) is 9.47 Å². The van der Waals surface area contributed by atoms with Crippen molar-refractivity contribution in [2.45, 2.75) is 33.6 Å². The van der Waals surface area contributed by atoms with E-state index in [1.165, 1.54) is 0 Å². The lowest BCUT2D eigenvalue weighted by atomic mass is 10.2. The summed E-state index contributed by atoms with van der Waals surface area (Å²) in [6, 6.07) is 0. The molecule has 0 saturated heterocycles. The number of guanidine groups is 1. The first-order valence-corrected chi connectivity index (χ1v) is 7.29. The Kier molecular flexibility index (Phi) is 13.0. The van der Waals surface area contributed by atoms with Crippen molar-refractivity contribution >= 4 is 5.96 Å². The fourth-order valence-electron chi connectivity index (χ4n) is 1.40. The van der Waals surface area contributed by atoms with Crippen molar-refractivity contribution in [3.63, 3.8) is 0 Å². The third kappa shape index (κ3) is 13.4. The van der Waals surface area contributed by atoms with Gasteiger partial charge in [0, 0.05) is 33.4 Å². The van der Waals surface area contributed by atoms with Crippen LogP contribution in [0.5, 0.6) is 0 Å². The second-order valence-electron chi connectivity index (χ2n) is 4.85. The molecule has 5 nitrogen and oxygen atoms in total. The molecule has 0 aromatic heterocycles. The molecule has 2 N–H and O–H groups in total. The molecule has 0 aromatic rings. The van der Waals surface area contributed by atoms with Crippen molar-refractivity contribution in [1.29, 1.82) is 0 Å². The van der Waals surface area contributed by atoms with E-state index in [-0.39, 0.29) is 0 Å². The van der Waals surface area contributed by atoms with Gasteiger partial charge in [-0.1, -0.05) is 13.8 Å². The molecular formula is C14H31N3O2. The molecule has 0 spiro atoms. The molecular weight excluding hydrogens is 242 g/mol. The van der Waals surface area contributed by atoms with Crippen molar-refractivity contribution in [3.8, 4) is 0 Å². The predicted molar refractivity (Wildman–Crippen MR) is 80.7 cm³/mol. The third-order valence-electron chi connectivity index (χ3n) is 2.40. The Balaban J connectivity index is 3.55. The summed E-state index contributed by atoms with van der Waals surface area (Å²) in [6.07, 6.45) is 2.14. The Morgan fingerprint density at radius 3 is 2.53 bits per heavy atom. The molecule has 5 heteroatoms. The SMILES string of the molecule is CCNC(=NCC(C)C)NCCCCOCCOC. The summed E-state index contributed by atoms with van der Waals surface area (Å²) in [7, 11) is 1.69. The minimum absolute atomic E-state index is 0.588. The highest BCUT2D eigenvalue weighted by Crippen LogP contribution is 1.92. The van der Waals surface area contributed by atoms with E-state index in [9.17, 15) is 0 Å². The molecule has 0 aliphatic rings. The monoisotopic (exact) mass is 273 g/mol. The molecule has 0 fully saturated rings. The number of nitrogens with zero attached hydrogens (tertiary/aromatic N) is 1. The Bertz CT molecular complexity index is 221. The lowest BCUT2D eigenvalue weighted by molar-refractivity contribution is 0.0689. The minimum Gasteiger partial charge on any atom is -0.382 e. The van der Waals surface area contributed by atoms with Gasteiger partial charge in [0.05, 0.1) is 13.2 Å². The van der Waals surface area contributed by atoms with E-state index in [0.717, 1.165) is 45.0 Å². The second kappa shape index (κ2) is 13.6. The van der Waals surface area contributed by atoms with Crippen LogP contribution in [0.3, 0.4) is 0 Å². The highest BCUT2D eigenvalue weighted by Gasteiger charge is 1.98. The van der Waals surface area contributed by atoms with Crippen molar-refractivity contribution in [3.05, 3.63) is 0 Å². The first-order chi connectivity index (χ1) is 9.20. The standard InChI is InChI=1S/C14H31N3O2/c1-5-15-14(17-12-13(2)3)16-8-6-7-9-19-11-10-18-4/h13H,5-12H2,1-4H3,(H2,15,16,17). The summed E-state index contributed by atoms with van der Waals surface area (Å²) in [5.41, 5.74) is 0. The van der Waals surface area contributed by atoms with Gasteiger partial charge in [-0.25, -0.2) is 0 Å². The molecule has 0 heterocycles. The van der Waals surface area contributed by atoms with E-state index in [1.807, 2.05) is 0 Å². The van der Waals surface area contributed by atoms with Crippen LogP contribution in [0.2, 0.25) is 0 Å². The number of hydrogen-bond donors (Lipinski definition) is 2. The molecule has 0 unspecified atom stereocenters. The Morgan fingerprint density at radius 1 is 1.11 bits per heavy atom. The topological polar surface area (TPSA) is 54.9 Å². The predicted octanol–water partition coefficient (Wildman–Crippen LogP) is 1.64. The van der Waals surface area contributed by atoms with Crippen LogP contribution in [0.1, 0.15) is 33.6 Å². The van der Waals surface area contributed by atoms with Crippen molar-refractivity contribution in [2.75, 3.05) is 46.6 Å². The first kappa shape index (κ1) is 18.2. The molecule has 0 saturated carbocycles. The largest absolute Gasteiger partial charge is 0.382 e. The molecule has 0 radical (unpaired) electrons. The lowest BCUT2D eigenvalue weighted by Crippen LogP contribution is -2.38. The fraction of sp³-hybridized carbons (Fsp3) is 0.929. The number of hydrogen-bond acceptors (Lipinski definition) is 3. The van der Waals surface area contributed by atoms with Gasteiger partial charge in [0.15, 0.2) is 5.96 Å². The van der Waals surface area contributed by atoms with Crippen LogP contribution < -0.4 is 10.6 Å². The van der Waals surface area contributed by atoms with Crippen LogP contribution in [0, 0.1) is 5.92 Å². The number of aliphatic imine (C=N–C) groups is 1. The summed E-state index contributed by atoms with van der Waals surface area (Å²) < 4.78 is 10.3. The Morgan fingerprint density at radius 2 is 1.89 bits per heavy atom. The quantitative estimate of drug-likeness (QED) is 0.341. The highest BCUT2D eigenvalue weighted by atomic mass is 16.5. The number of ether oxygens (including phenoxy) is 2. The van der Waals surface area contributed by atoms with E-state index in [0.29, 0.717) is 19.1 Å². The first-order valence-electron chi connectivity index (χ1n) is 7.29. The van der Waals surface area contributed by atoms with Crippen molar-refractivity contribution < 1.29 is 9.47 Å². The number of rotatable bonds is 11. The van der Waals surface area contributed by atoms with Crippen molar-refractivity contribution in [2.24, 2.45) is 10.9 Å². The van der Waals surface area contributed by atoms with Gasteiger partial charge in [-0.3, -0.25) is 4.99 Å². The number of nitrogens with one attached hydrogen (secondary N) is 2. The molecule has 0 rings (SSSR count). The van der Waals surface area contributed by atoms with E-state index in [1.54, 1.807) is 7.11 Å². The zero-order valence-electron chi connectivity index (χ0n) is 13.0. The molecule has 0 amide bonds. The maximum Gasteiger partial charge on any atom is 0.191 e. The average Bonchev–Trinajstić information content (AvgIpc) is 2.38. The van der Waals surface area contributed by atoms with Gasteiger partial charge in [-0.05, 0) is 25.7 Å². The van der Waals surface area contributed by atoms with Crippen LogP contribution >= 0.6 is 0 Å². The highest BCUT2D eigenvalue weighted by molar-refractivity contribution is 5.79. The molecule has 114 valence electrons. The van der Waals surface area contributed by atoms with Gasteiger partial charge in [0.2, 0.25) is 0 Å². The molecule has 0 atom stereocenters. The third-order valence-corrected chi connectivity index (χ3v) is 2.40. The summed E-state index contributed by atoms with van der Waals surface area (Å²) in [5, 5.41) is 6.58. The van der Waals surface area contributed by atoms with Crippen LogP contribution in [0.15, 0.2) is 4.99 Å². The summed E-state index contributed by atoms with van der Waals surface area (Å²) in [4.78, 5) is 4.52. The zero-order valence-corrected chi connectivity index (χ0v) is 13.0. The van der Waals surface area contributed by atoms with Gasteiger partial charge in [-0.2, -0.15) is 0 Å². The summed E-state index contributed by atoms with van der Waals surface area (Å²) in [6.45, 7) is 11.2. The Hall–Kier alpha value is -0.810. The molecule has 0 aliphatic carbocycles. The van der Waals surface area contributed by atoms with Gasteiger partial charge < -0.3 is 20.1 Å². The maximum atomic E-state index is 5.41. The van der Waals surface area contributed by atoms with E-state index in [4.69, 9.17) is 9.47 Å². The molecule has 19 heavy (non-hydrogen) atoms. The average molecular weight is 273 g/mol. The van der Waals surface area contributed by atoms with Crippen LogP contribution in [-0.4, -0.2) is 52.5 Å². The van der Waals surface area contributed by atoms with Gasteiger partial charge >= 0.3 is 0 Å². The fourth-order valence-corrected chi connectivity index (χ4v) is 1.40. The molecule has 0 aromatic carbocycles. The van der Waals surface area contributed by atoms with Crippen LogP contribution in [0.25, 0.3) is 0 Å². The Labute approximate surface area is 118 Å². The minimum atomic E-state index is 0.588. The van der Waals surface area contributed by atoms with E-state index >= 15 is 0 Å². The smallest absolute Gasteiger partial charge is 0.191 e. The molecule has 0 aliphatic heterocycles. The lowest BCUT2D eigenvalue weighted by Gasteiger charge is -2.12.